The first-order valence-corrected chi connectivity index (χ1v) is 10.5. The largest absolute Gasteiger partial charge is 0.454 e. The van der Waals surface area contributed by atoms with Crippen molar-refractivity contribution in [1.82, 2.24) is 14.3 Å². The summed E-state index contributed by atoms with van der Waals surface area (Å²) in [5.41, 5.74) is 6.14. The Hall–Kier alpha value is -3.87. The van der Waals surface area contributed by atoms with E-state index in [2.05, 4.69) is 10.4 Å². The van der Waals surface area contributed by atoms with Crippen LogP contribution in [0.25, 0.3) is 16.6 Å². The molecule has 0 unspecified atom stereocenters. The van der Waals surface area contributed by atoms with Gasteiger partial charge < -0.3 is 14.6 Å². The molecule has 2 aromatic heterocycles. The minimum absolute atomic E-state index is 0.0530. The van der Waals surface area contributed by atoms with Gasteiger partial charge in [0.2, 0.25) is 0 Å². The zero-order valence-corrected chi connectivity index (χ0v) is 18.7. The molecule has 0 aliphatic rings. The molecular formula is C25H26N4O3. The third kappa shape index (κ3) is 4.01. The highest BCUT2D eigenvalue weighted by Crippen LogP contribution is 2.25. The fourth-order valence-corrected chi connectivity index (χ4v) is 3.95. The number of aryl methyl sites for hydroxylation is 2. The van der Waals surface area contributed by atoms with Gasteiger partial charge in [-0.3, -0.25) is 9.59 Å². The summed E-state index contributed by atoms with van der Waals surface area (Å²) in [4.78, 5) is 24.9. The molecule has 2 aromatic carbocycles. The molecule has 1 N–H and O–H groups in total. The predicted molar refractivity (Wildman–Crippen MR) is 124 cm³/mol. The molecule has 0 fully saturated rings. The number of aromatic nitrogens is 3. The number of hydrogen-bond donors (Lipinski definition) is 1. The van der Waals surface area contributed by atoms with E-state index >= 15 is 0 Å². The molecule has 0 bridgehead atoms. The molecule has 32 heavy (non-hydrogen) atoms. The number of carbonyl (C=O) groups excluding carboxylic acids is 2. The molecule has 0 saturated carbocycles. The Morgan fingerprint density at radius 1 is 0.938 bits per heavy atom. The van der Waals surface area contributed by atoms with Crippen molar-refractivity contribution in [3.63, 3.8) is 0 Å². The van der Waals surface area contributed by atoms with Crippen LogP contribution in [-0.4, -0.2) is 32.8 Å². The monoisotopic (exact) mass is 430 g/mol. The Kier molecular flexibility index (Phi) is 5.81. The second kappa shape index (κ2) is 8.70. The van der Waals surface area contributed by atoms with Gasteiger partial charge >= 0.3 is 5.97 Å². The lowest BCUT2D eigenvalue weighted by Crippen LogP contribution is -2.23. The Balaban J connectivity index is 1.41. The fraction of sp³-hybridized carbons (Fsp3) is 0.240. The third-order valence-corrected chi connectivity index (χ3v) is 5.75. The lowest BCUT2D eigenvalue weighted by Gasteiger charge is -2.10. The van der Waals surface area contributed by atoms with Crippen LogP contribution in [0.15, 0.2) is 54.6 Å². The van der Waals surface area contributed by atoms with E-state index in [9.17, 15) is 9.59 Å². The SMILES string of the molecule is Cc1nn(-c2ccccc2)c(C)c1NC(=O)COC(=O)Cn1c(C)c(C)c2ccccc21. The molecule has 0 radical (unpaired) electrons. The van der Waals surface area contributed by atoms with Gasteiger partial charge in [-0.1, -0.05) is 36.4 Å². The van der Waals surface area contributed by atoms with Crippen LogP contribution in [0.1, 0.15) is 22.6 Å². The van der Waals surface area contributed by atoms with Crippen LogP contribution in [0, 0.1) is 27.7 Å². The molecule has 1 amide bonds. The highest BCUT2D eigenvalue weighted by atomic mass is 16.5. The number of esters is 1. The Morgan fingerprint density at radius 2 is 1.62 bits per heavy atom. The maximum Gasteiger partial charge on any atom is 0.326 e. The number of nitrogens with zero attached hydrogens (tertiary/aromatic N) is 3. The van der Waals surface area contributed by atoms with Crippen molar-refractivity contribution in [2.24, 2.45) is 0 Å². The van der Waals surface area contributed by atoms with E-state index in [1.807, 2.05) is 86.9 Å². The van der Waals surface area contributed by atoms with Crippen LogP contribution in [0.4, 0.5) is 5.69 Å². The average Bonchev–Trinajstić information content (AvgIpc) is 3.21. The smallest absolute Gasteiger partial charge is 0.326 e. The number of hydrogen-bond acceptors (Lipinski definition) is 4. The van der Waals surface area contributed by atoms with E-state index < -0.39 is 11.9 Å². The van der Waals surface area contributed by atoms with Crippen molar-refractivity contribution < 1.29 is 14.3 Å². The standard InChI is InChI=1S/C25H26N4O3/c1-16-18(3)28(22-13-9-8-12-21(16)22)14-24(31)32-15-23(30)26-25-17(2)27-29(19(25)4)20-10-6-5-7-11-20/h5-13H,14-15H2,1-4H3,(H,26,30). The summed E-state index contributed by atoms with van der Waals surface area (Å²) in [6.45, 7) is 7.43. The second-order valence-corrected chi connectivity index (χ2v) is 7.82. The van der Waals surface area contributed by atoms with Crippen LogP contribution in [0.2, 0.25) is 0 Å². The maximum atomic E-state index is 12.5. The van der Waals surface area contributed by atoms with Gasteiger partial charge in [0, 0.05) is 16.6 Å². The van der Waals surface area contributed by atoms with Crippen molar-refractivity contribution in [2.45, 2.75) is 34.2 Å². The predicted octanol–water partition coefficient (Wildman–Crippen LogP) is 4.24. The van der Waals surface area contributed by atoms with Crippen molar-refractivity contribution >= 4 is 28.5 Å². The van der Waals surface area contributed by atoms with E-state index in [1.54, 1.807) is 4.68 Å². The number of rotatable bonds is 6. The quantitative estimate of drug-likeness (QED) is 0.464. The van der Waals surface area contributed by atoms with Crippen molar-refractivity contribution in [1.29, 1.82) is 0 Å². The number of nitrogens with one attached hydrogen (secondary N) is 1. The second-order valence-electron chi connectivity index (χ2n) is 7.82. The third-order valence-electron chi connectivity index (χ3n) is 5.75. The average molecular weight is 431 g/mol. The van der Waals surface area contributed by atoms with Crippen molar-refractivity contribution in [2.75, 3.05) is 11.9 Å². The number of amides is 1. The van der Waals surface area contributed by atoms with Crippen LogP contribution in [-0.2, 0) is 20.9 Å². The summed E-state index contributed by atoms with van der Waals surface area (Å²) in [6, 6.07) is 17.6. The van der Waals surface area contributed by atoms with Gasteiger partial charge in [-0.15, -0.1) is 0 Å². The van der Waals surface area contributed by atoms with Crippen LogP contribution in [0.5, 0.6) is 0 Å². The minimum atomic E-state index is -0.461. The van der Waals surface area contributed by atoms with Gasteiger partial charge in [0.15, 0.2) is 6.61 Å². The topological polar surface area (TPSA) is 78.2 Å². The molecule has 4 rings (SSSR count). The van der Waals surface area contributed by atoms with Crippen LogP contribution >= 0.6 is 0 Å². The van der Waals surface area contributed by atoms with Gasteiger partial charge in [0.25, 0.3) is 5.91 Å². The first kappa shape index (κ1) is 21.4. The summed E-state index contributed by atoms with van der Waals surface area (Å²) in [5.74, 6) is -0.861. The van der Waals surface area contributed by atoms with Gasteiger partial charge in [-0.2, -0.15) is 5.10 Å². The van der Waals surface area contributed by atoms with Gasteiger partial charge in [0.1, 0.15) is 6.54 Å². The Morgan fingerprint density at radius 3 is 2.38 bits per heavy atom. The Bertz CT molecular complexity index is 1300. The van der Waals surface area contributed by atoms with E-state index in [-0.39, 0.29) is 13.2 Å². The molecule has 0 atom stereocenters. The molecule has 2 heterocycles. The van der Waals surface area contributed by atoms with Crippen LogP contribution < -0.4 is 5.32 Å². The van der Waals surface area contributed by atoms with E-state index in [1.165, 1.54) is 0 Å². The molecule has 0 aliphatic heterocycles. The van der Waals surface area contributed by atoms with E-state index in [0.717, 1.165) is 33.5 Å². The van der Waals surface area contributed by atoms with Gasteiger partial charge in [-0.05, 0) is 51.5 Å². The number of carbonyl (C=O) groups is 2. The van der Waals surface area contributed by atoms with Crippen molar-refractivity contribution in [3.8, 4) is 5.69 Å². The maximum absolute atomic E-state index is 12.5. The first-order valence-electron chi connectivity index (χ1n) is 10.5. The zero-order valence-electron chi connectivity index (χ0n) is 18.7. The van der Waals surface area contributed by atoms with Gasteiger partial charge in [0.05, 0.1) is 22.8 Å². The minimum Gasteiger partial charge on any atom is -0.454 e. The number of ether oxygens (including phenoxy) is 1. The summed E-state index contributed by atoms with van der Waals surface area (Å²) in [6.07, 6.45) is 0. The molecule has 0 saturated heterocycles. The first-order chi connectivity index (χ1) is 15.4. The van der Waals surface area contributed by atoms with E-state index in [0.29, 0.717) is 11.4 Å². The molecule has 0 aliphatic carbocycles. The number of benzene rings is 2. The molecule has 164 valence electrons. The van der Waals surface area contributed by atoms with E-state index in [4.69, 9.17) is 4.74 Å². The lowest BCUT2D eigenvalue weighted by molar-refractivity contribution is -0.147. The number of fused-ring (bicyclic) bond motifs is 1. The van der Waals surface area contributed by atoms with Crippen LogP contribution in [0.3, 0.4) is 0 Å². The molecule has 4 aromatic rings. The molecule has 7 heteroatoms. The molecular weight excluding hydrogens is 404 g/mol. The number of anilines is 1. The zero-order chi connectivity index (χ0) is 22.8. The molecule has 7 nitrogen and oxygen atoms in total. The summed E-state index contributed by atoms with van der Waals surface area (Å²) < 4.78 is 8.96. The van der Waals surface area contributed by atoms with Crippen molar-refractivity contribution in [3.05, 3.63) is 77.2 Å². The Labute approximate surface area is 186 Å². The summed E-state index contributed by atoms with van der Waals surface area (Å²) in [7, 11) is 0. The number of para-hydroxylation sites is 2. The highest BCUT2D eigenvalue weighted by molar-refractivity contribution is 5.94. The molecule has 0 spiro atoms. The fourth-order valence-electron chi connectivity index (χ4n) is 3.95. The lowest BCUT2D eigenvalue weighted by atomic mass is 10.2. The summed E-state index contributed by atoms with van der Waals surface area (Å²) in [5, 5.41) is 8.45. The summed E-state index contributed by atoms with van der Waals surface area (Å²) >= 11 is 0. The highest BCUT2D eigenvalue weighted by Gasteiger charge is 2.18. The normalized spacial score (nSPS) is 11.0. The van der Waals surface area contributed by atoms with Gasteiger partial charge in [-0.25, -0.2) is 4.68 Å².